The Morgan fingerprint density at radius 1 is 1.92 bits per heavy atom. The molecule has 1 aromatic heterocycles. The lowest BCUT2D eigenvalue weighted by Crippen LogP contribution is -2.16. The molecule has 0 saturated heterocycles. The van der Waals surface area contributed by atoms with Crippen molar-refractivity contribution < 1.29 is 4.92 Å². The van der Waals surface area contributed by atoms with E-state index in [2.05, 4.69) is 4.98 Å². The van der Waals surface area contributed by atoms with Gasteiger partial charge in [-0.1, -0.05) is 0 Å². The van der Waals surface area contributed by atoms with Gasteiger partial charge in [-0.25, -0.2) is 9.55 Å². The SMILES string of the molecule is CC(CN)n1cncc1[N+](=O)[O-]. The van der Waals surface area contributed by atoms with Crippen LogP contribution in [0.25, 0.3) is 0 Å². The van der Waals surface area contributed by atoms with E-state index in [-0.39, 0.29) is 11.9 Å². The van der Waals surface area contributed by atoms with Crippen molar-refractivity contribution in [3.63, 3.8) is 0 Å². The van der Waals surface area contributed by atoms with Gasteiger partial charge in [0.1, 0.15) is 12.2 Å². The van der Waals surface area contributed by atoms with E-state index in [1.807, 2.05) is 0 Å². The summed E-state index contributed by atoms with van der Waals surface area (Å²) in [4.78, 5) is 13.6. The minimum absolute atomic E-state index is 0.0204. The van der Waals surface area contributed by atoms with Gasteiger partial charge in [0.2, 0.25) is 0 Å². The zero-order valence-corrected chi connectivity index (χ0v) is 6.67. The second-order valence-corrected chi connectivity index (χ2v) is 2.50. The molecule has 0 amide bonds. The minimum Gasteiger partial charge on any atom is -0.358 e. The normalized spacial score (nSPS) is 12.8. The Hall–Kier alpha value is -1.43. The molecule has 0 aromatic carbocycles. The minimum atomic E-state index is -0.473. The fraction of sp³-hybridized carbons (Fsp3) is 0.500. The Kier molecular flexibility index (Phi) is 2.39. The number of aromatic nitrogens is 2. The molecule has 6 heteroatoms. The molecule has 1 aromatic rings. The van der Waals surface area contributed by atoms with Crippen molar-refractivity contribution in [2.45, 2.75) is 13.0 Å². The largest absolute Gasteiger partial charge is 0.358 e. The van der Waals surface area contributed by atoms with Gasteiger partial charge in [-0.15, -0.1) is 0 Å². The maximum Gasteiger partial charge on any atom is 0.342 e. The Labute approximate surface area is 69.2 Å². The summed E-state index contributed by atoms with van der Waals surface area (Å²) in [5.74, 6) is -0.0204. The molecule has 1 atom stereocenters. The van der Waals surface area contributed by atoms with Crippen LogP contribution < -0.4 is 5.73 Å². The summed E-state index contributed by atoms with van der Waals surface area (Å²) in [5.41, 5.74) is 5.36. The monoisotopic (exact) mass is 170 g/mol. The smallest absolute Gasteiger partial charge is 0.342 e. The summed E-state index contributed by atoms with van der Waals surface area (Å²) >= 11 is 0. The van der Waals surface area contributed by atoms with Crippen LogP contribution in [0.15, 0.2) is 12.5 Å². The number of imidazole rings is 1. The first-order valence-electron chi connectivity index (χ1n) is 3.53. The van der Waals surface area contributed by atoms with Crippen LogP contribution >= 0.6 is 0 Å². The Balaban J connectivity index is 2.98. The van der Waals surface area contributed by atoms with Gasteiger partial charge in [0.05, 0.1) is 0 Å². The molecule has 66 valence electrons. The summed E-state index contributed by atoms with van der Waals surface area (Å²) in [6, 6.07) is -0.0899. The molecular weight excluding hydrogens is 160 g/mol. The van der Waals surface area contributed by atoms with Gasteiger partial charge in [0.15, 0.2) is 6.33 Å². The summed E-state index contributed by atoms with van der Waals surface area (Å²) in [6.45, 7) is 2.16. The molecule has 6 nitrogen and oxygen atoms in total. The first kappa shape index (κ1) is 8.66. The summed E-state index contributed by atoms with van der Waals surface area (Å²) in [6.07, 6.45) is 2.63. The second kappa shape index (κ2) is 3.31. The summed E-state index contributed by atoms with van der Waals surface area (Å²) in [5, 5.41) is 10.4. The van der Waals surface area contributed by atoms with Crippen molar-refractivity contribution >= 4 is 5.82 Å². The molecule has 0 fully saturated rings. The zero-order valence-electron chi connectivity index (χ0n) is 6.67. The van der Waals surface area contributed by atoms with Crippen molar-refractivity contribution in [3.8, 4) is 0 Å². The Morgan fingerprint density at radius 2 is 2.58 bits per heavy atom. The molecular formula is C6H10N4O2. The highest BCUT2D eigenvalue weighted by Gasteiger charge is 2.17. The van der Waals surface area contributed by atoms with Crippen molar-refractivity contribution in [2.24, 2.45) is 5.73 Å². The highest BCUT2D eigenvalue weighted by Crippen LogP contribution is 2.15. The van der Waals surface area contributed by atoms with Crippen LogP contribution in [0.5, 0.6) is 0 Å². The molecule has 1 rings (SSSR count). The van der Waals surface area contributed by atoms with Gasteiger partial charge >= 0.3 is 5.82 Å². The van der Waals surface area contributed by atoms with E-state index >= 15 is 0 Å². The summed E-state index contributed by atoms with van der Waals surface area (Å²) in [7, 11) is 0. The van der Waals surface area contributed by atoms with E-state index in [4.69, 9.17) is 5.73 Å². The summed E-state index contributed by atoms with van der Waals surface area (Å²) < 4.78 is 1.44. The third-order valence-corrected chi connectivity index (χ3v) is 1.65. The van der Waals surface area contributed by atoms with Gasteiger partial charge in [-0.05, 0) is 11.8 Å². The van der Waals surface area contributed by atoms with E-state index in [1.54, 1.807) is 6.92 Å². The fourth-order valence-electron chi connectivity index (χ4n) is 0.892. The molecule has 1 heterocycles. The molecule has 0 radical (unpaired) electrons. The average molecular weight is 170 g/mol. The number of nitro groups is 1. The predicted molar refractivity (Wildman–Crippen MR) is 42.6 cm³/mol. The van der Waals surface area contributed by atoms with Crippen LogP contribution in [0, 0.1) is 10.1 Å². The molecule has 0 spiro atoms. The molecule has 1 unspecified atom stereocenters. The first-order chi connectivity index (χ1) is 5.66. The van der Waals surface area contributed by atoms with Crippen LogP contribution in [0.4, 0.5) is 5.82 Å². The van der Waals surface area contributed by atoms with E-state index in [9.17, 15) is 10.1 Å². The Bertz CT molecular complexity index is 283. The number of nitrogens with two attached hydrogens (primary N) is 1. The quantitative estimate of drug-likeness (QED) is 0.522. The van der Waals surface area contributed by atoms with E-state index in [0.717, 1.165) is 0 Å². The first-order valence-corrected chi connectivity index (χ1v) is 3.53. The second-order valence-electron chi connectivity index (χ2n) is 2.50. The molecule has 2 N–H and O–H groups in total. The average Bonchev–Trinajstić information content (AvgIpc) is 2.50. The van der Waals surface area contributed by atoms with Crippen LogP contribution in [-0.2, 0) is 0 Å². The predicted octanol–water partition coefficient (Wildman–Crippen LogP) is 0.311. The number of hydrogen-bond donors (Lipinski definition) is 1. The maximum atomic E-state index is 10.4. The lowest BCUT2D eigenvalue weighted by molar-refractivity contribution is -0.392. The lowest BCUT2D eigenvalue weighted by atomic mass is 10.3. The van der Waals surface area contributed by atoms with Crippen molar-refractivity contribution in [2.75, 3.05) is 6.54 Å². The molecule has 0 aliphatic heterocycles. The van der Waals surface area contributed by atoms with Gasteiger partial charge in [0.25, 0.3) is 0 Å². The highest BCUT2D eigenvalue weighted by molar-refractivity contribution is 5.15. The Morgan fingerprint density at radius 3 is 3.08 bits per heavy atom. The zero-order chi connectivity index (χ0) is 9.14. The third-order valence-electron chi connectivity index (χ3n) is 1.65. The van der Waals surface area contributed by atoms with Crippen LogP contribution in [0.2, 0.25) is 0 Å². The van der Waals surface area contributed by atoms with E-state index in [0.29, 0.717) is 6.54 Å². The number of hydrogen-bond acceptors (Lipinski definition) is 4. The fourth-order valence-corrected chi connectivity index (χ4v) is 0.892. The van der Waals surface area contributed by atoms with Crippen LogP contribution in [-0.4, -0.2) is 21.0 Å². The molecule has 12 heavy (non-hydrogen) atoms. The highest BCUT2D eigenvalue weighted by atomic mass is 16.6. The van der Waals surface area contributed by atoms with Gasteiger partial charge in [-0.3, -0.25) is 0 Å². The van der Waals surface area contributed by atoms with Crippen LogP contribution in [0.1, 0.15) is 13.0 Å². The third kappa shape index (κ3) is 1.42. The van der Waals surface area contributed by atoms with Crippen molar-refractivity contribution in [3.05, 3.63) is 22.6 Å². The molecule has 0 aliphatic rings. The lowest BCUT2D eigenvalue weighted by Gasteiger charge is -2.05. The molecule has 0 saturated carbocycles. The van der Waals surface area contributed by atoms with Crippen molar-refractivity contribution in [1.82, 2.24) is 9.55 Å². The molecule has 0 bridgehead atoms. The van der Waals surface area contributed by atoms with Crippen molar-refractivity contribution in [1.29, 1.82) is 0 Å². The van der Waals surface area contributed by atoms with Crippen LogP contribution in [0.3, 0.4) is 0 Å². The standard InChI is InChI=1S/C6H10N4O2/c1-5(2-7)9-4-8-3-6(9)10(11)12/h3-5H,2,7H2,1H3. The van der Waals surface area contributed by atoms with Gasteiger partial charge in [-0.2, -0.15) is 0 Å². The van der Waals surface area contributed by atoms with Gasteiger partial charge < -0.3 is 15.8 Å². The number of nitrogens with zero attached hydrogens (tertiary/aromatic N) is 3. The van der Waals surface area contributed by atoms with E-state index in [1.165, 1.54) is 17.1 Å². The number of rotatable bonds is 3. The maximum absolute atomic E-state index is 10.4. The van der Waals surface area contributed by atoms with Gasteiger partial charge in [0, 0.05) is 6.54 Å². The molecule has 0 aliphatic carbocycles. The topological polar surface area (TPSA) is 87.0 Å². The van der Waals surface area contributed by atoms with E-state index < -0.39 is 4.92 Å².